The second-order valence-corrected chi connectivity index (χ2v) is 4.41. The Hall–Kier alpha value is -1.32. The van der Waals surface area contributed by atoms with Crippen LogP contribution in [0.2, 0.25) is 0 Å². The lowest BCUT2D eigenvalue weighted by Gasteiger charge is -2.21. The standard InChI is InChI=1S/C13H22O4/c1-3-4-5-11(7-9-13(16)17)10(2)6-8-12(14)15/h3-4,10-11H,5-9H2,1-2H3,(H,14,15)(H,16,17)/b4-3+. The molecule has 4 heteroatoms. The van der Waals surface area contributed by atoms with Crippen molar-refractivity contribution in [3.8, 4) is 0 Å². The Morgan fingerprint density at radius 1 is 1.12 bits per heavy atom. The van der Waals surface area contributed by atoms with E-state index in [1.54, 1.807) is 0 Å². The Morgan fingerprint density at radius 2 is 1.65 bits per heavy atom. The van der Waals surface area contributed by atoms with Gasteiger partial charge in [0.25, 0.3) is 0 Å². The van der Waals surface area contributed by atoms with E-state index in [4.69, 9.17) is 10.2 Å². The maximum Gasteiger partial charge on any atom is 0.303 e. The summed E-state index contributed by atoms with van der Waals surface area (Å²) in [7, 11) is 0. The van der Waals surface area contributed by atoms with Gasteiger partial charge in [-0.1, -0.05) is 19.1 Å². The van der Waals surface area contributed by atoms with Gasteiger partial charge in [0, 0.05) is 12.8 Å². The summed E-state index contributed by atoms with van der Waals surface area (Å²) >= 11 is 0. The first-order chi connectivity index (χ1) is 7.97. The minimum Gasteiger partial charge on any atom is -0.481 e. The van der Waals surface area contributed by atoms with Crippen molar-refractivity contribution >= 4 is 11.9 Å². The Balaban J connectivity index is 4.22. The van der Waals surface area contributed by atoms with Gasteiger partial charge in [0.15, 0.2) is 0 Å². The predicted molar refractivity (Wildman–Crippen MR) is 65.8 cm³/mol. The van der Waals surface area contributed by atoms with Crippen LogP contribution in [0.15, 0.2) is 12.2 Å². The van der Waals surface area contributed by atoms with Crippen LogP contribution in [0.25, 0.3) is 0 Å². The van der Waals surface area contributed by atoms with Crippen LogP contribution < -0.4 is 0 Å². The fourth-order valence-corrected chi connectivity index (χ4v) is 1.84. The summed E-state index contributed by atoms with van der Waals surface area (Å²) in [4.78, 5) is 21.1. The maximum atomic E-state index is 10.6. The predicted octanol–water partition coefficient (Wildman–Crippen LogP) is 2.93. The van der Waals surface area contributed by atoms with E-state index in [0.29, 0.717) is 12.8 Å². The second kappa shape index (κ2) is 8.79. The molecule has 17 heavy (non-hydrogen) atoms. The van der Waals surface area contributed by atoms with Crippen molar-refractivity contribution in [2.75, 3.05) is 0 Å². The van der Waals surface area contributed by atoms with Gasteiger partial charge < -0.3 is 10.2 Å². The lowest BCUT2D eigenvalue weighted by molar-refractivity contribution is -0.138. The summed E-state index contributed by atoms with van der Waals surface area (Å²) in [5, 5.41) is 17.3. The summed E-state index contributed by atoms with van der Waals surface area (Å²) in [6, 6.07) is 0. The molecule has 2 N–H and O–H groups in total. The summed E-state index contributed by atoms with van der Waals surface area (Å²) in [6.45, 7) is 3.93. The molecule has 0 rings (SSSR count). The maximum absolute atomic E-state index is 10.6. The number of allylic oxidation sites excluding steroid dienone is 2. The van der Waals surface area contributed by atoms with Crippen LogP contribution in [0.5, 0.6) is 0 Å². The number of hydrogen-bond donors (Lipinski definition) is 2. The molecule has 4 nitrogen and oxygen atoms in total. The first-order valence-corrected chi connectivity index (χ1v) is 6.02. The smallest absolute Gasteiger partial charge is 0.303 e. The molecule has 0 aliphatic heterocycles. The average Bonchev–Trinajstić information content (AvgIpc) is 2.25. The topological polar surface area (TPSA) is 74.6 Å². The van der Waals surface area contributed by atoms with Crippen molar-refractivity contribution in [3.63, 3.8) is 0 Å². The molecule has 0 heterocycles. The van der Waals surface area contributed by atoms with Crippen LogP contribution in [0.1, 0.15) is 46.0 Å². The quantitative estimate of drug-likeness (QED) is 0.609. The van der Waals surface area contributed by atoms with Gasteiger partial charge in [0.1, 0.15) is 0 Å². The van der Waals surface area contributed by atoms with E-state index < -0.39 is 11.9 Å². The Morgan fingerprint density at radius 3 is 2.12 bits per heavy atom. The van der Waals surface area contributed by atoms with Crippen molar-refractivity contribution < 1.29 is 19.8 Å². The van der Waals surface area contributed by atoms with Crippen LogP contribution >= 0.6 is 0 Å². The molecule has 0 aromatic heterocycles. The molecule has 0 aromatic rings. The Kier molecular flexibility index (Phi) is 8.11. The molecule has 98 valence electrons. The van der Waals surface area contributed by atoms with Crippen LogP contribution in [0.4, 0.5) is 0 Å². The highest BCUT2D eigenvalue weighted by Gasteiger charge is 2.18. The van der Waals surface area contributed by atoms with E-state index in [-0.39, 0.29) is 24.7 Å². The fraction of sp³-hybridized carbons (Fsp3) is 0.692. The van der Waals surface area contributed by atoms with Crippen molar-refractivity contribution in [2.24, 2.45) is 11.8 Å². The zero-order chi connectivity index (χ0) is 13.3. The molecule has 0 amide bonds. The molecule has 0 fully saturated rings. The summed E-state index contributed by atoms with van der Waals surface area (Å²) in [5.41, 5.74) is 0. The third-order valence-electron chi connectivity index (χ3n) is 3.02. The first kappa shape index (κ1) is 15.7. The number of carboxylic acid groups (broad SMARTS) is 2. The van der Waals surface area contributed by atoms with Crippen LogP contribution in [0.3, 0.4) is 0 Å². The molecule has 0 saturated heterocycles. The molecule has 0 aliphatic carbocycles. The first-order valence-electron chi connectivity index (χ1n) is 6.02. The van der Waals surface area contributed by atoms with Gasteiger partial charge in [-0.25, -0.2) is 0 Å². The summed E-state index contributed by atoms with van der Waals surface area (Å²) in [5.74, 6) is -1.09. The van der Waals surface area contributed by atoms with Gasteiger partial charge in [-0.05, 0) is 38.0 Å². The highest BCUT2D eigenvalue weighted by atomic mass is 16.4. The van der Waals surface area contributed by atoms with Crippen molar-refractivity contribution in [1.82, 2.24) is 0 Å². The minimum absolute atomic E-state index is 0.152. The highest BCUT2D eigenvalue weighted by molar-refractivity contribution is 5.67. The van der Waals surface area contributed by atoms with Crippen molar-refractivity contribution in [3.05, 3.63) is 12.2 Å². The van der Waals surface area contributed by atoms with E-state index in [1.165, 1.54) is 0 Å². The number of aliphatic carboxylic acids is 2. The second-order valence-electron chi connectivity index (χ2n) is 4.41. The summed E-state index contributed by atoms with van der Waals surface area (Å²) in [6.07, 6.45) is 6.31. The Labute approximate surface area is 102 Å². The minimum atomic E-state index is -0.792. The van der Waals surface area contributed by atoms with Gasteiger partial charge in [-0.3, -0.25) is 9.59 Å². The molecule has 2 atom stereocenters. The number of hydrogen-bond acceptors (Lipinski definition) is 2. The number of carboxylic acids is 2. The van der Waals surface area contributed by atoms with E-state index in [1.807, 2.05) is 26.0 Å². The highest BCUT2D eigenvalue weighted by Crippen LogP contribution is 2.25. The lowest BCUT2D eigenvalue weighted by atomic mass is 9.84. The van der Waals surface area contributed by atoms with E-state index >= 15 is 0 Å². The van der Waals surface area contributed by atoms with Crippen LogP contribution in [-0.2, 0) is 9.59 Å². The molecule has 0 aliphatic rings. The van der Waals surface area contributed by atoms with Gasteiger partial charge in [0.05, 0.1) is 0 Å². The molecular weight excluding hydrogens is 220 g/mol. The molecule has 0 aromatic carbocycles. The molecule has 2 unspecified atom stereocenters. The molecular formula is C13H22O4. The van der Waals surface area contributed by atoms with E-state index in [9.17, 15) is 9.59 Å². The monoisotopic (exact) mass is 242 g/mol. The molecule has 0 bridgehead atoms. The Bertz CT molecular complexity index is 271. The lowest BCUT2D eigenvalue weighted by Crippen LogP contribution is -2.14. The van der Waals surface area contributed by atoms with Crippen LogP contribution in [-0.4, -0.2) is 22.2 Å². The van der Waals surface area contributed by atoms with E-state index in [0.717, 1.165) is 6.42 Å². The molecule has 0 spiro atoms. The van der Waals surface area contributed by atoms with Gasteiger partial charge in [0.2, 0.25) is 0 Å². The molecule has 0 saturated carbocycles. The van der Waals surface area contributed by atoms with Gasteiger partial charge in [-0.15, -0.1) is 0 Å². The van der Waals surface area contributed by atoms with E-state index in [2.05, 4.69) is 0 Å². The normalized spacial score (nSPS) is 14.7. The zero-order valence-electron chi connectivity index (χ0n) is 10.6. The largest absolute Gasteiger partial charge is 0.481 e. The summed E-state index contributed by atoms with van der Waals surface area (Å²) < 4.78 is 0. The third-order valence-corrected chi connectivity index (χ3v) is 3.02. The van der Waals surface area contributed by atoms with Crippen molar-refractivity contribution in [2.45, 2.75) is 46.0 Å². The van der Waals surface area contributed by atoms with Crippen LogP contribution in [0, 0.1) is 11.8 Å². The van der Waals surface area contributed by atoms with Gasteiger partial charge >= 0.3 is 11.9 Å². The van der Waals surface area contributed by atoms with Gasteiger partial charge in [-0.2, -0.15) is 0 Å². The molecule has 0 radical (unpaired) electrons. The fourth-order valence-electron chi connectivity index (χ4n) is 1.84. The zero-order valence-corrected chi connectivity index (χ0v) is 10.6. The third kappa shape index (κ3) is 8.48. The SMILES string of the molecule is C/C=C/CC(CCC(=O)O)C(C)CCC(=O)O. The number of carbonyl (C=O) groups is 2. The number of rotatable bonds is 9. The average molecular weight is 242 g/mol. The van der Waals surface area contributed by atoms with Crippen molar-refractivity contribution in [1.29, 1.82) is 0 Å².